The number of hydrogen-bond donors (Lipinski definition) is 1. The predicted octanol–water partition coefficient (Wildman–Crippen LogP) is 1.43. The summed E-state index contributed by atoms with van der Waals surface area (Å²) in [6.07, 6.45) is -3.89. The molecule has 0 aliphatic carbocycles. The van der Waals surface area contributed by atoms with Crippen molar-refractivity contribution >= 4 is 11.8 Å². The van der Waals surface area contributed by atoms with Crippen LogP contribution in [0.5, 0.6) is 0 Å². The third kappa shape index (κ3) is 2.73. The Bertz CT molecular complexity index is 553. The van der Waals surface area contributed by atoms with Crippen LogP contribution in [0.2, 0.25) is 0 Å². The Morgan fingerprint density at radius 2 is 2.28 bits per heavy atom. The second kappa shape index (κ2) is 5.13. The average Bonchev–Trinajstić information content (AvgIpc) is 2.27. The number of alkyl halides is 2. The maximum absolute atomic E-state index is 12.6. The van der Waals surface area contributed by atoms with E-state index in [4.69, 9.17) is 10.4 Å². The molecular weight excluding hydrogens is 252 g/mol. The molecule has 0 aromatic carbocycles. The fourth-order valence-electron chi connectivity index (χ4n) is 1.27. The van der Waals surface area contributed by atoms with E-state index >= 15 is 0 Å². The van der Waals surface area contributed by atoms with Gasteiger partial charge < -0.3 is 15.2 Å². The number of nitro groups is 1. The first-order chi connectivity index (χ1) is 8.36. The van der Waals surface area contributed by atoms with Crippen LogP contribution in [0, 0.1) is 21.4 Å². The lowest BCUT2D eigenvalue weighted by atomic mass is 10.1. The van der Waals surface area contributed by atoms with Crippen LogP contribution in [0.4, 0.5) is 14.6 Å². The normalized spacial score (nSPS) is 10.1. The van der Waals surface area contributed by atoms with E-state index in [0.29, 0.717) is 6.07 Å². The molecule has 0 bridgehead atoms. The number of halogens is 2. The van der Waals surface area contributed by atoms with Gasteiger partial charge >= 0.3 is 11.8 Å². The molecule has 0 spiro atoms. The molecular formula is C9H5F2N3O4. The molecule has 0 saturated heterocycles. The highest BCUT2D eigenvalue weighted by Crippen LogP contribution is 2.27. The van der Waals surface area contributed by atoms with E-state index in [-0.39, 0.29) is 0 Å². The molecule has 0 saturated carbocycles. The molecule has 0 atom stereocenters. The maximum atomic E-state index is 12.6. The molecule has 18 heavy (non-hydrogen) atoms. The molecule has 0 amide bonds. The topological polar surface area (TPSA) is 117 Å². The lowest BCUT2D eigenvalue weighted by Gasteiger charge is -2.04. The molecule has 1 rings (SSSR count). The number of carboxylic acid groups (broad SMARTS) is 1. The van der Waals surface area contributed by atoms with Crippen molar-refractivity contribution in [2.24, 2.45) is 0 Å². The van der Waals surface area contributed by atoms with E-state index in [9.17, 15) is 23.7 Å². The van der Waals surface area contributed by atoms with Crippen molar-refractivity contribution in [2.75, 3.05) is 0 Å². The van der Waals surface area contributed by atoms with Crippen molar-refractivity contribution in [3.63, 3.8) is 0 Å². The monoisotopic (exact) mass is 257 g/mol. The van der Waals surface area contributed by atoms with Crippen LogP contribution in [-0.2, 0) is 11.2 Å². The summed E-state index contributed by atoms with van der Waals surface area (Å²) < 4.78 is 25.1. The van der Waals surface area contributed by atoms with Crippen molar-refractivity contribution in [3.8, 4) is 6.07 Å². The quantitative estimate of drug-likeness (QED) is 0.643. The van der Waals surface area contributed by atoms with Crippen molar-refractivity contribution in [3.05, 3.63) is 33.0 Å². The van der Waals surface area contributed by atoms with Gasteiger partial charge in [-0.3, -0.25) is 4.79 Å². The van der Waals surface area contributed by atoms with Gasteiger partial charge in [-0.05, 0) is 16.0 Å². The Morgan fingerprint density at radius 1 is 1.67 bits per heavy atom. The van der Waals surface area contributed by atoms with Crippen LogP contribution >= 0.6 is 0 Å². The number of carboxylic acids is 1. The lowest BCUT2D eigenvalue weighted by Crippen LogP contribution is -2.08. The molecule has 0 aliphatic heterocycles. The van der Waals surface area contributed by atoms with Crippen molar-refractivity contribution in [2.45, 2.75) is 12.8 Å². The van der Waals surface area contributed by atoms with Gasteiger partial charge in [-0.15, -0.1) is 0 Å². The van der Waals surface area contributed by atoms with Crippen LogP contribution in [0.15, 0.2) is 6.07 Å². The molecule has 7 nitrogen and oxygen atoms in total. The second-order valence-electron chi connectivity index (χ2n) is 3.15. The summed E-state index contributed by atoms with van der Waals surface area (Å²) >= 11 is 0. The summed E-state index contributed by atoms with van der Waals surface area (Å²) in [6.45, 7) is 0. The summed E-state index contributed by atoms with van der Waals surface area (Å²) in [5.41, 5.74) is -2.08. The molecule has 94 valence electrons. The van der Waals surface area contributed by atoms with Gasteiger partial charge in [-0.1, -0.05) is 0 Å². The first-order valence-corrected chi connectivity index (χ1v) is 4.45. The first-order valence-electron chi connectivity index (χ1n) is 4.45. The minimum absolute atomic E-state index is 0.471. The fraction of sp³-hybridized carbons (Fsp3) is 0.222. The Hall–Kier alpha value is -2.63. The minimum Gasteiger partial charge on any atom is -0.481 e. The zero-order valence-electron chi connectivity index (χ0n) is 8.63. The van der Waals surface area contributed by atoms with Gasteiger partial charge in [0.1, 0.15) is 6.07 Å². The molecule has 0 unspecified atom stereocenters. The fourth-order valence-corrected chi connectivity index (χ4v) is 1.27. The highest BCUT2D eigenvalue weighted by molar-refractivity contribution is 5.71. The van der Waals surface area contributed by atoms with E-state index in [2.05, 4.69) is 4.98 Å². The van der Waals surface area contributed by atoms with Crippen LogP contribution in [0.1, 0.15) is 23.2 Å². The van der Waals surface area contributed by atoms with Gasteiger partial charge in [0.25, 0.3) is 12.1 Å². The van der Waals surface area contributed by atoms with E-state index in [0.717, 1.165) is 0 Å². The molecule has 0 fully saturated rings. The van der Waals surface area contributed by atoms with Gasteiger partial charge in [0.05, 0.1) is 17.5 Å². The van der Waals surface area contributed by atoms with E-state index in [1.54, 1.807) is 0 Å². The second-order valence-corrected chi connectivity index (χ2v) is 3.15. The summed E-state index contributed by atoms with van der Waals surface area (Å²) in [4.78, 5) is 23.2. The minimum atomic E-state index is -3.07. The number of aromatic nitrogens is 1. The van der Waals surface area contributed by atoms with Crippen LogP contribution in [-0.4, -0.2) is 21.0 Å². The Labute approximate surface area is 98.4 Å². The molecule has 0 radical (unpaired) electrons. The molecule has 1 heterocycles. The zero-order chi connectivity index (χ0) is 13.9. The smallest absolute Gasteiger partial charge is 0.368 e. The zero-order valence-corrected chi connectivity index (χ0v) is 8.63. The molecule has 9 heteroatoms. The number of carbonyl (C=O) groups is 1. The standard InChI is InChI=1S/C9H5F2N3O4/c10-8(11)5-1-4(2-7(15)16)9(14(17)18)13-6(5)3-12/h1,8H,2H2,(H,15,16). The largest absolute Gasteiger partial charge is 0.481 e. The average molecular weight is 257 g/mol. The van der Waals surface area contributed by atoms with Gasteiger partial charge in [0.15, 0.2) is 0 Å². The number of nitrogens with zero attached hydrogens (tertiary/aromatic N) is 3. The van der Waals surface area contributed by atoms with Gasteiger partial charge in [0, 0.05) is 0 Å². The third-order valence-corrected chi connectivity index (χ3v) is 1.96. The van der Waals surface area contributed by atoms with Crippen LogP contribution < -0.4 is 0 Å². The number of aliphatic carboxylic acids is 1. The Kier molecular flexibility index (Phi) is 3.83. The number of pyridine rings is 1. The van der Waals surface area contributed by atoms with Gasteiger partial charge in [-0.2, -0.15) is 5.26 Å². The first kappa shape index (κ1) is 13.4. The molecule has 0 aliphatic rings. The SMILES string of the molecule is N#Cc1nc([N+](=O)[O-])c(CC(=O)O)cc1C(F)F. The highest BCUT2D eigenvalue weighted by Gasteiger charge is 2.27. The van der Waals surface area contributed by atoms with Crippen molar-refractivity contribution in [1.82, 2.24) is 4.98 Å². The van der Waals surface area contributed by atoms with Gasteiger partial charge in [-0.25, -0.2) is 8.78 Å². The van der Waals surface area contributed by atoms with Crippen LogP contribution in [0.25, 0.3) is 0 Å². The van der Waals surface area contributed by atoms with Crippen molar-refractivity contribution in [1.29, 1.82) is 5.26 Å². The van der Waals surface area contributed by atoms with Crippen LogP contribution in [0.3, 0.4) is 0 Å². The number of rotatable bonds is 4. The molecule has 1 aromatic rings. The highest BCUT2D eigenvalue weighted by atomic mass is 19.3. The van der Waals surface area contributed by atoms with E-state index in [1.807, 2.05) is 0 Å². The summed E-state index contributed by atoms with van der Waals surface area (Å²) in [5.74, 6) is -2.33. The maximum Gasteiger partial charge on any atom is 0.368 e. The number of hydrogen-bond acceptors (Lipinski definition) is 5. The molecule has 1 aromatic heterocycles. The third-order valence-electron chi connectivity index (χ3n) is 1.96. The van der Waals surface area contributed by atoms with E-state index in [1.165, 1.54) is 6.07 Å². The lowest BCUT2D eigenvalue weighted by molar-refractivity contribution is -0.390. The Balaban J connectivity index is 3.48. The molecule has 1 N–H and O–H groups in total. The van der Waals surface area contributed by atoms with Gasteiger partial charge in [0.2, 0.25) is 0 Å². The summed E-state index contributed by atoms with van der Waals surface area (Å²) in [7, 11) is 0. The predicted molar refractivity (Wildman–Crippen MR) is 51.9 cm³/mol. The Morgan fingerprint density at radius 3 is 2.67 bits per heavy atom. The number of nitriles is 1. The van der Waals surface area contributed by atoms with E-state index < -0.39 is 46.4 Å². The van der Waals surface area contributed by atoms with Crippen molar-refractivity contribution < 1.29 is 23.6 Å². The summed E-state index contributed by atoms with van der Waals surface area (Å²) in [6, 6.07) is 1.94. The summed E-state index contributed by atoms with van der Waals surface area (Å²) in [5, 5.41) is 27.7.